The minimum Gasteiger partial charge on any atom is -0.641 e. The number of non-ortho nitro benzene ring substituents is 1. The van der Waals surface area contributed by atoms with Crippen LogP contribution in [-0.4, -0.2) is 46.6 Å². The Morgan fingerprint density at radius 2 is 1.38 bits per heavy atom. The molecule has 0 radical (unpaired) electrons. The van der Waals surface area contributed by atoms with Gasteiger partial charge in [-0.3, -0.25) is 10.1 Å². The van der Waals surface area contributed by atoms with Crippen LogP contribution in [0, 0.1) is 10.1 Å². The van der Waals surface area contributed by atoms with Crippen LogP contribution in [0.1, 0.15) is 13.8 Å². The van der Waals surface area contributed by atoms with E-state index < -0.39 is 57.9 Å². The number of carbonyl (C=O) groups is 4. The van der Waals surface area contributed by atoms with Crippen LogP contribution in [0.15, 0.2) is 18.2 Å². The van der Waals surface area contributed by atoms with Crippen molar-refractivity contribution in [3.8, 4) is 0 Å². The molecular formula is C15H11F2FeN5O6. The van der Waals surface area contributed by atoms with Gasteiger partial charge in [-0.25, -0.2) is 0 Å². The van der Waals surface area contributed by atoms with Crippen LogP contribution < -0.4 is 0 Å². The topological polar surface area (TPSA) is 168 Å². The summed E-state index contributed by atoms with van der Waals surface area (Å²) in [6.45, 7) is 1.94. The molecule has 0 aliphatic carbocycles. The average Bonchev–Trinajstić information content (AvgIpc) is 2.61. The summed E-state index contributed by atoms with van der Waals surface area (Å²) in [6.07, 6.45) is 0. The van der Waals surface area contributed by atoms with Gasteiger partial charge in [0, 0.05) is 23.9 Å². The van der Waals surface area contributed by atoms with E-state index >= 15 is 0 Å². The van der Waals surface area contributed by atoms with Gasteiger partial charge in [0.25, 0.3) is 5.69 Å². The maximum atomic E-state index is 13.8. The van der Waals surface area contributed by atoms with Gasteiger partial charge in [-0.15, -0.1) is 11.4 Å². The first kappa shape index (κ1) is 23.9. The van der Waals surface area contributed by atoms with Crippen molar-refractivity contribution < 1.29 is 50.0 Å². The van der Waals surface area contributed by atoms with E-state index in [1.54, 1.807) is 0 Å². The zero-order valence-corrected chi connectivity index (χ0v) is 15.8. The molecular weight excluding hydrogens is 440 g/mol. The number of hydrogen-bond acceptors (Lipinski definition) is 6. The van der Waals surface area contributed by atoms with Crippen LogP contribution in [0.5, 0.6) is 0 Å². The molecule has 1 aromatic rings. The fourth-order valence-electron chi connectivity index (χ4n) is 1.95. The first-order chi connectivity index (χ1) is 12.9. The molecule has 0 aromatic heterocycles. The van der Waals surface area contributed by atoms with Gasteiger partial charge in [0.05, 0.1) is 4.92 Å². The SMILES string of the molecule is CC1[N-]C(=O)C(F)(F)C(=O)[N-]C(C)C(=O)[N-]c2cc([N+](=O)[O-])ccc2[N-]C1=O.[Fe+4]. The Morgan fingerprint density at radius 1 is 0.931 bits per heavy atom. The summed E-state index contributed by atoms with van der Waals surface area (Å²) in [7, 11) is 0. The molecule has 0 bridgehead atoms. The van der Waals surface area contributed by atoms with Crippen molar-refractivity contribution in [1.82, 2.24) is 0 Å². The number of nitrogens with zero attached hydrogens (tertiary/aromatic N) is 5. The Morgan fingerprint density at radius 3 is 1.83 bits per heavy atom. The molecule has 154 valence electrons. The van der Waals surface area contributed by atoms with Crippen molar-refractivity contribution in [2.45, 2.75) is 31.9 Å². The fourth-order valence-corrected chi connectivity index (χ4v) is 1.95. The second kappa shape index (κ2) is 8.92. The Kier molecular flexibility index (Phi) is 7.36. The van der Waals surface area contributed by atoms with Gasteiger partial charge in [-0.05, 0) is 0 Å². The third-order valence-electron chi connectivity index (χ3n) is 3.50. The Bertz CT molecular complexity index is 881. The maximum absolute atomic E-state index is 13.8. The number of nitro groups is 1. The quantitative estimate of drug-likeness (QED) is 0.275. The number of amides is 4. The molecule has 2 unspecified atom stereocenters. The van der Waals surface area contributed by atoms with Gasteiger partial charge in [-0.1, -0.05) is 32.0 Å². The molecule has 29 heavy (non-hydrogen) atoms. The summed E-state index contributed by atoms with van der Waals surface area (Å²) in [5.41, 5.74) is -1.18. The first-order valence-corrected chi connectivity index (χ1v) is 7.61. The molecule has 2 atom stereocenters. The number of rotatable bonds is 1. The Labute approximate surface area is 172 Å². The second-order valence-electron chi connectivity index (χ2n) is 5.63. The molecule has 1 aliphatic heterocycles. The normalized spacial score (nSPS) is 22.1. The minimum atomic E-state index is -4.68. The van der Waals surface area contributed by atoms with Gasteiger partial charge >= 0.3 is 23.0 Å². The van der Waals surface area contributed by atoms with Gasteiger partial charge in [0.1, 0.15) is 11.8 Å². The molecule has 0 N–H and O–H groups in total. The largest absolute Gasteiger partial charge is 4.00 e. The molecule has 4 amide bonds. The van der Waals surface area contributed by atoms with Crippen molar-refractivity contribution in [2.24, 2.45) is 0 Å². The van der Waals surface area contributed by atoms with E-state index in [-0.39, 0.29) is 22.8 Å². The second-order valence-corrected chi connectivity index (χ2v) is 5.63. The van der Waals surface area contributed by atoms with Gasteiger partial charge in [0.2, 0.25) is 0 Å². The summed E-state index contributed by atoms with van der Waals surface area (Å²) < 4.78 is 27.7. The van der Waals surface area contributed by atoms with Crippen LogP contribution in [0.2, 0.25) is 0 Å². The standard InChI is InChI=1S/C15H15F2N5O6.Fe/c1-6-11(23)20-9-4-3-8(22(27)28)5-10(9)21-12(24)7(2)19-14(26)15(16,17)13(25)18-6;/h3-7H,1-2H3,(H4,18,19,20,21,23,24,25,26);/q;+4/p-4. The smallest absolute Gasteiger partial charge is 0.641 e. The van der Waals surface area contributed by atoms with Crippen LogP contribution in [0.3, 0.4) is 0 Å². The number of hydrogen-bond donors (Lipinski definition) is 0. The molecule has 14 heteroatoms. The van der Waals surface area contributed by atoms with Crippen molar-refractivity contribution in [3.05, 3.63) is 49.6 Å². The molecule has 0 fully saturated rings. The molecule has 1 aromatic carbocycles. The van der Waals surface area contributed by atoms with Crippen LogP contribution in [0.4, 0.5) is 25.8 Å². The summed E-state index contributed by atoms with van der Waals surface area (Å²) in [5, 5.41) is 23.8. The Balaban J connectivity index is 0.00000420. The molecule has 0 saturated heterocycles. The van der Waals surface area contributed by atoms with Gasteiger partial charge < -0.3 is 40.4 Å². The summed E-state index contributed by atoms with van der Waals surface area (Å²) in [6, 6.07) is -0.598. The van der Waals surface area contributed by atoms with Gasteiger partial charge in [0.15, 0.2) is 0 Å². The van der Waals surface area contributed by atoms with Crippen molar-refractivity contribution in [1.29, 1.82) is 0 Å². The van der Waals surface area contributed by atoms with E-state index in [0.717, 1.165) is 32.0 Å². The zero-order valence-electron chi connectivity index (χ0n) is 14.7. The fraction of sp³-hybridized carbons (Fsp3) is 0.333. The van der Waals surface area contributed by atoms with E-state index in [1.807, 2.05) is 0 Å². The minimum absolute atomic E-state index is 0. The van der Waals surface area contributed by atoms with Crippen molar-refractivity contribution in [2.75, 3.05) is 0 Å². The summed E-state index contributed by atoms with van der Waals surface area (Å²) in [5.74, 6) is -11.5. The Hall–Kier alpha value is -3.12. The molecule has 2 rings (SSSR count). The average molecular weight is 451 g/mol. The predicted molar refractivity (Wildman–Crippen MR) is 89.8 cm³/mol. The molecule has 1 aliphatic rings. The number of benzene rings is 1. The van der Waals surface area contributed by atoms with E-state index in [2.05, 4.69) is 21.3 Å². The summed E-state index contributed by atoms with van der Waals surface area (Å²) in [4.78, 5) is 57.4. The number of alkyl halides is 2. The molecule has 0 spiro atoms. The third kappa shape index (κ3) is 5.23. The zero-order chi connectivity index (χ0) is 21.2. The molecule has 1 heterocycles. The van der Waals surface area contributed by atoms with Crippen molar-refractivity contribution in [3.63, 3.8) is 0 Å². The number of fused-ring (bicyclic) bond motifs is 1. The van der Waals surface area contributed by atoms with Crippen LogP contribution in [0.25, 0.3) is 21.3 Å². The number of nitro benzene ring substituents is 1. The first-order valence-electron chi connectivity index (χ1n) is 7.61. The maximum Gasteiger partial charge on any atom is 4.00 e. The van der Waals surface area contributed by atoms with Crippen LogP contribution >= 0.6 is 0 Å². The van der Waals surface area contributed by atoms with E-state index in [1.165, 1.54) is 0 Å². The summed E-state index contributed by atoms with van der Waals surface area (Å²) >= 11 is 0. The number of halogens is 2. The monoisotopic (exact) mass is 451 g/mol. The predicted octanol–water partition coefficient (Wildman–Crippen LogP) is 2.88. The molecule has 0 saturated carbocycles. The van der Waals surface area contributed by atoms with E-state index in [9.17, 15) is 38.1 Å². The number of carbonyl (C=O) groups excluding carboxylic acids is 4. The van der Waals surface area contributed by atoms with E-state index in [0.29, 0.717) is 0 Å². The van der Waals surface area contributed by atoms with Gasteiger partial charge in [-0.2, -0.15) is 8.78 Å². The van der Waals surface area contributed by atoms with E-state index in [4.69, 9.17) is 0 Å². The molecule has 11 nitrogen and oxygen atoms in total. The van der Waals surface area contributed by atoms with Crippen molar-refractivity contribution >= 4 is 40.7 Å². The van der Waals surface area contributed by atoms with Crippen LogP contribution in [-0.2, 0) is 36.2 Å². The third-order valence-corrected chi connectivity index (χ3v) is 3.50.